The topological polar surface area (TPSA) is 87.7 Å². The van der Waals surface area contributed by atoms with Gasteiger partial charge in [0.2, 0.25) is 5.91 Å². The number of amides is 1. The van der Waals surface area contributed by atoms with E-state index in [9.17, 15) is 9.59 Å². The molecule has 0 radical (unpaired) electrons. The molecule has 18 heavy (non-hydrogen) atoms. The Morgan fingerprint density at radius 3 is 2.72 bits per heavy atom. The molecule has 6 nitrogen and oxygen atoms in total. The summed E-state index contributed by atoms with van der Waals surface area (Å²) in [7, 11) is 1.32. The molecule has 6 heteroatoms. The monoisotopic (exact) mass is 258 g/mol. The molecule has 1 saturated heterocycles. The van der Waals surface area contributed by atoms with Gasteiger partial charge >= 0.3 is 5.97 Å². The number of nitrogens with one attached hydrogen (secondary N) is 2. The van der Waals surface area contributed by atoms with E-state index in [-0.39, 0.29) is 12.5 Å². The molecule has 1 amide bonds. The van der Waals surface area contributed by atoms with Crippen LogP contribution in [0, 0.1) is 0 Å². The Balaban J connectivity index is 2.54. The van der Waals surface area contributed by atoms with Gasteiger partial charge in [-0.3, -0.25) is 4.79 Å². The van der Waals surface area contributed by atoms with Crippen LogP contribution in [0.5, 0.6) is 0 Å². The number of carboxylic acid groups (broad SMARTS) is 1. The van der Waals surface area contributed by atoms with Crippen molar-refractivity contribution in [2.24, 2.45) is 0 Å². The Labute approximate surface area is 107 Å². The number of ether oxygens (including phenoxy) is 1. The van der Waals surface area contributed by atoms with Crippen molar-refractivity contribution in [2.45, 2.75) is 44.2 Å². The average molecular weight is 258 g/mol. The molecule has 2 unspecified atom stereocenters. The third-order valence-corrected chi connectivity index (χ3v) is 3.36. The van der Waals surface area contributed by atoms with Crippen LogP contribution in [0.25, 0.3) is 0 Å². The molecule has 1 aliphatic heterocycles. The molecule has 0 aliphatic carbocycles. The average Bonchev–Trinajstić information content (AvgIpc) is 2.79. The maximum Gasteiger partial charge on any atom is 0.334 e. The Hall–Kier alpha value is -1.14. The van der Waals surface area contributed by atoms with Crippen molar-refractivity contribution >= 4 is 11.9 Å². The molecule has 1 heterocycles. The molecule has 1 aliphatic rings. The van der Waals surface area contributed by atoms with Crippen molar-refractivity contribution in [3.8, 4) is 0 Å². The SMILES string of the molecule is CCCC1(C(=O)NCC(OC)C(=O)O)CCCN1. The van der Waals surface area contributed by atoms with Gasteiger partial charge in [0.05, 0.1) is 12.1 Å². The summed E-state index contributed by atoms with van der Waals surface area (Å²) in [5.41, 5.74) is -0.522. The van der Waals surface area contributed by atoms with E-state index in [1.807, 2.05) is 6.92 Å². The summed E-state index contributed by atoms with van der Waals surface area (Å²) in [6.45, 7) is 2.86. The van der Waals surface area contributed by atoms with Crippen molar-refractivity contribution in [1.82, 2.24) is 10.6 Å². The second kappa shape index (κ2) is 6.70. The van der Waals surface area contributed by atoms with Crippen LogP contribution in [-0.2, 0) is 14.3 Å². The lowest BCUT2D eigenvalue weighted by Crippen LogP contribution is -2.55. The first-order chi connectivity index (χ1) is 8.55. The maximum atomic E-state index is 12.2. The van der Waals surface area contributed by atoms with E-state index in [1.54, 1.807) is 0 Å². The van der Waals surface area contributed by atoms with Crippen LogP contribution in [0.1, 0.15) is 32.6 Å². The summed E-state index contributed by atoms with van der Waals surface area (Å²) < 4.78 is 4.78. The molecule has 104 valence electrons. The van der Waals surface area contributed by atoms with Crippen LogP contribution in [-0.4, -0.2) is 48.8 Å². The number of methoxy groups -OCH3 is 1. The Morgan fingerprint density at radius 2 is 2.28 bits per heavy atom. The molecule has 2 atom stereocenters. The minimum atomic E-state index is -1.07. The molecule has 1 fully saturated rings. The summed E-state index contributed by atoms with van der Waals surface area (Å²) in [6.07, 6.45) is 2.46. The number of hydrogen-bond donors (Lipinski definition) is 3. The third kappa shape index (κ3) is 3.43. The van der Waals surface area contributed by atoms with Gasteiger partial charge in [0, 0.05) is 7.11 Å². The van der Waals surface area contributed by atoms with Crippen molar-refractivity contribution in [2.75, 3.05) is 20.2 Å². The van der Waals surface area contributed by atoms with E-state index >= 15 is 0 Å². The largest absolute Gasteiger partial charge is 0.479 e. The molecule has 3 N–H and O–H groups in total. The number of carbonyl (C=O) groups is 2. The van der Waals surface area contributed by atoms with Crippen LogP contribution in [0.15, 0.2) is 0 Å². The zero-order chi connectivity index (χ0) is 13.6. The van der Waals surface area contributed by atoms with Crippen LogP contribution in [0.2, 0.25) is 0 Å². The van der Waals surface area contributed by atoms with E-state index in [0.717, 1.165) is 32.2 Å². The highest BCUT2D eigenvalue weighted by molar-refractivity contribution is 5.87. The lowest BCUT2D eigenvalue weighted by atomic mass is 9.91. The Bertz CT molecular complexity index is 300. The highest BCUT2D eigenvalue weighted by Gasteiger charge is 2.40. The predicted molar refractivity (Wildman–Crippen MR) is 66.3 cm³/mol. The van der Waals surface area contributed by atoms with E-state index in [1.165, 1.54) is 7.11 Å². The first-order valence-electron chi connectivity index (χ1n) is 6.34. The lowest BCUT2D eigenvalue weighted by Gasteiger charge is -2.28. The summed E-state index contributed by atoms with van der Waals surface area (Å²) in [5, 5.41) is 14.7. The van der Waals surface area contributed by atoms with Gasteiger partial charge in [-0.1, -0.05) is 13.3 Å². The van der Waals surface area contributed by atoms with Gasteiger partial charge in [0.1, 0.15) is 0 Å². The second-order valence-electron chi connectivity index (χ2n) is 4.64. The summed E-state index contributed by atoms with van der Waals surface area (Å²) >= 11 is 0. The highest BCUT2D eigenvalue weighted by atomic mass is 16.5. The first-order valence-corrected chi connectivity index (χ1v) is 6.34. The number of hydrogen-bond acceptors (Lipinski definition) is 4. The molecular formula is C12H22N2O4. The van der Waals surface area contributed by atoms with Crippen molar-refractivity contribution in [3.05, 3.63) is 0 Å². The lowest BCUT2D eigenvalue weighted by molar-refractivity contribution is -0.148. The normalized spacial score (nSPS) is 24.8. The van der Waals surface area contributed by atoms with Gasteiger partial charge in [-0.15, -0.1) is 0 Å². The summed E-state index contributed by atoms with van der Waals surface area (Å²) in [4.78, 5) is 23.0. The fourth-order valence-electron chi connectivity index (χ4n) is 2.38. The molecular weight excluding hydrogens is 236 g/mol. The summed E-state index contributed by atoms with van der Waals surface area (Å²) in [6, 6.07) is 0. The fourth-order valence-corrected chi connectivity index (χ4v) is 2.38. The smallest absolute Gasteiger partial charge is 0.334 e. The zero-order valence-corrected chi connectivity index (χ0v) is 11.0. The molecule has 0 spiro atoms. The Morgan fingerprint density at radius 1 is 1.56 bits per heavy atom. The van der Waals surface area contributed by atoms with Crippen LogP contribution in [0.3, 0.4) is 0 Å². The quantitative estimate of drug-likeness (QED) is 0.604. The number of carbonyl (C=O) groups excluding carboxylic acids is 1. The fraction of sp³-hybridized carbons (Fsp3) is 0.833. The van der Waals surface area contributed by atoms with Gasteiger partial charge in [-0.05, 0) is 25.8 Å². The van der Waals surface area contributed by atoms with Crippen molar-refractivity contribution < 1.29 is 19.4 Å². The number of aliphatic carboxylic acids is 1. The standard InChI is InChI=1S/C12H22N2O4/c1-3-5-12(6-4-7-14-12)11(17)13-8-9(18-2)10(15)16/h9,14H,3-8H2,1-2H3,(H,13,17)(H,15,16). The molecule has 0 aromatic heterocycles. The van der Waals surface area contributed by atoms with Gasteiger partial charge in [0.15, 0.2) is 6.10 Å². The van der Waals surface area contributed by atoms with E-state index in [4.69, 9.17) is 9.84 Å². The second-order valence-corrected chi connectivity index (χ2v) is 4.64. The van der Waals surface area contributed by atoms with E-state index < -0.39 is 17.6 Å². The van der Waals surface area contributed by atoms with Gasteiger partial charge in [-0.25, -0.2) is 4.79 Å². The van der Waals surface area contributed by atoms with Crippen molar-refractivity contribution in [1.29, 1.82) is 0 Å². The van der Waals surface area contributed by atoms with Crippen LogP contribution >= 0.6 is 0 Å². The van der Waals surface area contributed by atoms with Gasteiger partial charge < -0.3 is 20.5 Å². The van der Waals surface area contributed by atoms with Crippen LogP contribution < -0.4 is 10.6 Å². The van der Waals surface area contributed by atoms with Crippen LogP contribution in [0.4, 0.5) is 0 Å². The third-order valence-electron chi connectivity index (χ3n) is 3.36. The minimum absolute atomic E-state index is 0.00217. The van der Waals surface area contributed by atoms with Gasteiger partial charge in [0.25, 0.3) is 0 Å². The molecule has 0 saturated carbocycles. The highest BCUT2D eigenvalue weighted by Crippen LogP contribution is 2.24. The molecule has 1 rings (SSSR count). The predicted octanol–water partition coefficient (Wildman–Crippen LogP) is 0.125. The van der Waals surface area contributed by atoms with E-state index in [0.29, 0.717) is 0 Å². The summed E-state index contributed by atoms with van der Waals surface area (Å²) in [5.74, 6) is -1.19. The number of rotatable bonds is 7. The molecule has 0 aromatic rings. The number of carboxylic acids is 1. The molecule has 0 bridgehead atoms. The molecule has 0 aromatic carbocycles. The Kier molecular flexibility index (Phi) is 5.55. The minimum Gasteiger partial charge on any atom is -0.479 e. The zero-order valence-electron chi connectivity index (χ0n) is 11.0. The maximum absolute atomic E-state index is 12.2. The van der Waals surface area contributed by atoms with E-state index in [2.05, 4.69) is 10.6 Å². The van der Waals surface area contributed by atoms with Gasteiger partial charge in [-0.2, -0.15) is 0 Å². The van der Waals surface area contributed by atoms with Crippen molar-refractivity contribution in [3.63, 3.8) is 0 Å². The first kappa shape index (κ1) is 14.9.